The molecule has 0 radical (unpaired) electrons. The summed E-state index contributed by atoms with van der Waals surface area (Å²) in [6.45, 7) is 0. The van der Waals surface area contributed by atoms with Crippen LogP contribution >= 0.6 is 0 Å². The third-order valence-corrected chi connectivity index (χ3v) is 6.46. The first-order chi connectivity index (χ1) is 19.3. The van der Waals surface area contributed by atoms with Crippen molar-refractivity contribution in [3.05, 3.63) is 102 Å². The van der Waals surface area contributed by atoms with Crippen molar-refractivity contribution in [3.63, 3.8) is 0 Å². The zero-order valence-corrected chi connectivity index (χ0v) is 21.1. The van der Waals surface area contributed by atoms with Crippen molar-refractivity contribution in [1.29, 1.82) is 0 Å². The minimum atomic E-state index is -4.61. The van der Waals surface area contributed by atoms with E-state index in [1.807, 2.05) is 0 Å². The van der Waals surface area contributed by atoms with E-state index in [4.69, 9.17) is 4.74 Å². The number of imidazole rings is 2. The lowest BCUT2D eigenvalue weighted by molar-refractivity contribution is -0.137. The number of fused-ring (bicyclic) bond motifs is 1. The third-order valence-electron chi connectivity index (χ3n) is 6.46. The van der Waals surface area contributed by atoms with Crippen LogP contribution in [-0.4, -0.2) is 37.2 Å². The number of hydrogen-bond acceptors (Lipinski definition) is 5. The van der Waals surface area contributed by atoms with Gasteiger partial charge in [0.1, 0.15) is 11.4 Å². The Balaban J connectivity index is 1.30. The number of anilines is 1. The second-order valence-electron chi connectivity index (χ2n) is 9.30. The van der Waals surface area contributed by atoms with Crippen molar-refractivity contribution >= 4 is 17.2 Å². The monoisotopic (exact) mass is 542 g/mol. The molecule has 2 aromatic carbocycles. The van der Waals surface area contributed by atoms with Gasteiger partial charge < -0.3 is 14.6 Å². The van der Waals surface area contributed by atoms with E-state index in [0.717, 1.165) is 30.7 Å². The molecule has 1 saturated carbocycles. The molecule has 6 rings (SSSR count). The topological polar surface area (TPSA) is 86.3 Å². The van der Waals surface area contributed by atoms with E-state index in [1.165, 1.54) is 36.2 Å². The number of nitrogens with one attached hydrogen (secondary N) is 1. The van der Waals surface area contributed by atoms with Crippen LogP contribution in [0.3, 0.4) is 0 Å². The minimum Gasteiger partial charge on any atom is -0.495 e. The first-order valence-electron chi connectivity index (χ1n) is 12.4. The molecule has 11 heteroatoms. The van der Waals surface area contributed by atoms with E-state index in [0.29, 0.717) is 28.6 Å². The Bertz CT molecular complexity index is 1810. The predicted octanol–water partition coefficient (Wildman–Crippen LogP) is 5.47. The maximum Gasteiger partial charge on any atom is 0.416 e. The quantitative estimate of drug-likeness (QED) is 0.298. The number of alkyl halides is 3. The Labute approximate surface area is 226 Å². The highest BCUT2D eigenvalue weighted by atomic mass is 19.4. The van der Waals surface area contributed by atoms with Gasteiger partial charge in [0.05, 0.1) is 36.5 Å². The lowest BCUT2D eigenvalue weighted by Crippen LogP contribution is -2.14. The van der Waals surface area contributed by atoms with Crippen LogP contribution in [0.2, 0.25) is 0 Å². The number of benzene rings is 2. The van der Waals surface area contributed by atoms with Gasteiger partial charge in [0, 0.05) is 35.2 Å². The molecule has 8 nitrogen and oxygen atoms in total. The molecule has 1 fully saturated rings. The fourth-order valence-corrected chi connectivity index (χ4v) is 4.26. The first-order valence-corrected chi connectivity index (χ1v) is 12.4. The summed E-state index contributed by atoms with van der Waals surface area (Å²) < 4.78 is 49.7. The predicted molar refractivity (Wildman–Crippen MR) is 140 cm³/mol. The number of amides is 1. The number of ether oxygens (including phenoxy) is 1. The minimum absolute atomic E-state index is 0.00301. The summed E-state index contributed by atoms with van der Waals surface area (Å²) in [6.07, 6.45) is 3.84. The summed E-state index contributed by atoms with van der Waals surface area (Å²) in [5.41, 5.74) is 1.97. The van der Waals surface area contributed by atoms with Crippen LogP contribution in [0.15, 0.2) is 73.4 Å². The van der Waals surface area contributed by atoms with Crippen LogP contribution in [0.4, 0.5) is 18.9 Å². The average molecular weight is 543 g/mol. The van der Waals surface area contributed by atoms with Crippen LogP contribution in [0.5, 0.6) is 5.75 Å². The summed E-state index contributed by atoms with van der Waals surface area (Å²) in [5.74, 6) is 6.14. The van der Waals surface area contributed by atoms with Crippen molar-refractivity contribution in [2.45, 2.75) is 24.9 Å². The van der Waals surface area contributed by atoms with E-state index in [1.54, 1.807) is 41.3 Å². The second-order valence-corrected chi connectivity index (χ2v) is 9.30. The molecule has 3 heterocycles. The van der Waals surface area contributed by atoms with Crippen molar-refractivity contribution < 1.29 is 22.7 Å². The number of hydrogen-bond donors (Lipinski definition) is 1. The van der Waals surface area contributed by atoms with Gasteiger partial charge in [-0.3, -0.25) is 4.79 Å². The number of nitrogens with zero attached hydrogens (tertiary/aromatic N) is 5. The third kappa shape index (κ3) is 5.11. The zero-order valence-electron chi connectivity index (χ0n) is 21.1. The maximum atomic E-state index is 13.7. The van der Waals surface area contributed by atoms with Gasteiger partial charge in [0.2, 0.25) is 0 Å². The van der Waals surface area contributed by atoms with Crippen LogP contribution in [0.1, 0.15) is 51.6 Å². The summed E-state index contributed by atoms with van der Waals surface area (Å²) >= 11 is 0. The molecule has 1 aliphatic rings. The van der Waals surface area contributed by atoms with Crippen molar-refractivity contribution in [1.82, 2.24) is 24.1 Å². The Kier molecular flexibility index (Phi) is 6.23. The number of methoxy groups -OCH3 is 1. The fourth-order valence-electron chi connectivity index (χ4n) is 4.26. The van der Waals surface area contributed by atoms with Gasteiger partial charge >= 0.3 is 6.18 Å². The van der Waals surface area contributed by atoms with Crippen LogP contribution < -0.4 is 10.1 Å². The van der Waals surface area contributed by atoms with Crippen molar-refractivity contribution in [2.24, 2.45) is 0 Å². The molecule has 0 spiro atoms. The van der Waals surface area contributed by atoms with Gasteiger partial charge in [-0.25, -0.2) is 14.5 Å². The van der Waals surface area contributed by atoms with Gasteiger partial charge in [-0.1, -0.05) is 5.92 Å². The van der Waals surface area contributed by atoms with Crippen molar-refractivity contribution in [2.75, 3.05) is 12.4 Å². The molecule has 0 unspecified atom stereocenters. The van der Waals surface area contributed by atoms with E-state index >= 15 is 0 Å². The second kappa shape index (κ2) is 9.89. The zero-order chi connectivity index (χ0) is 27.9. The Morgan fingerprint density at radius 2 is 1.95 bits per heavy atom. The maximum absolute atomic E-state index is 13.7. The number of aromatic nitrogens is 5. The van der Waals surface area contributed by atoms with Gasteiger partial charge in [0.25, 0.3) is 5.91 Å². The van der Waals surface area contributed by atoms with E-state index in [2.05, 4.69) is 32.2 Å². The van der Waals surface area contributed by atoms with E-state index < -0.39 is 17.6 Å². The molecule has 0 bridgehead atoms. The SMILES string of the molecule is COc1ccc(C(=O)Nc2cc(-n3cnc(C4CC4)c3)cc(C(F)(F)F)c2)cc1C#Cc1cnc2cccnn12. The molecule has 200 valence electrons. The van der Waals surface area contributed by atoms with E-state index in [-0.39, 0.29) is 16.9 Å². The number of halogens is 3. The highest BCUT2D eigenvalue weighted by molar-refractivity contribution is 6.04. The molecule has 40 heavy (non-hydrogen) atoms. The average Bonchev–Trinajstić information content (AvgIpc) is 3.53. The van der Waals surface area contributed by atoms with Gasteiger partial charge in [0.15, 0.2) is 5.65 Å². The lowest BCUT2D eigenvalue weighted by Gasteiger charge is -2.14. The van der Waals surface area contributed by atoms with E-state index in [9.17, 15) is 18.0 Å². The van der Waals surface area contributed by atoms with Crippen LogP contribution in [-0.2, 0) is 6.18 Å². The number of rotatable bonds is 5. The lowest BCUT2D eigenvalue weighted by atomic mass is 10.1. The molecule has 5 aromatic rings. The standard InChI is InChI=1S/C29H21F3N6O2/c1-40-26-9-7-20(11-19(26)6-8-23-15-33-27-3-2-10-35-38(23)27)28(39)36-22-12-21(29(30,31)32)13-24(14-22)37-16-25(34-17-37)18-4-5-18/h2-3,7,9-18H,4-5H2,1H3,(H,36,39). The van der Waals surface area contributed by atoms with Gasteiger partial charge in [-0.05, 0) is 67.3 Å². The number of carbonyl (C=O) groups excluding carboxylic acids is 1. The summed E-state index contributed by atoms with van der Waals surface area (Å²) in [6, 6.07) is 11.6. The van der Waals surface area contributed by atoms with Crippen LogP contribution in [0.25, 0.3) is 11.3 Å². The molecule has 0 saturated heterocycles. The molecule has 0 aliphatic heterocycles. The fraction of sp³-hybridized carbons (Fsp3) is 0.172. The first kappa shape index (κ1) is 25.2. The highest BCUT2D eigenvalue weighted by Gasteiger charge is 2.32. The van der Waals surface area contributed by atoms with Crippen LogP contribution in [0, 0.1) is 11.8 Å². The summed E-state index contributed by atoms with van der Waals surface area (Å²) in [7, 11) is 1.48. The largest absolute Gasteiger partial charge is 0.495 e. The molecule has 0 atom stereocenters. The van der Waals surface area contributed by atoms with Gasteiger partial charge in [-0.15, -0.1) is 0 Å². The Morgan fingerprint density at radius 3 is 2.73 bits per heavy atom. The van der Waals surface area contributed by atoms with Crippen molar-refractivity contribution in [3.8, 4) is 23.3 Å². The smallest absolute Gasteiger partial charge is 0.416 e. The highest BCUT2D eigenvalue weighted by Crippen LogP contribution is 2.39. The normalized spacial score (nSPS) is 13.1. The molecule has 1 aliphatic carbocycles. The summed E-state index contributed by atoms with van der Waals surface area (Å²) in [5, 5.41) is 6.82. The summed E-state index contributed by atoms with van der Waals surface area (Å²) in [4.78, 5) is 21.7. The molecule has 1 N–H and O–H groups in total. The number of carbonyl (C=O) groups is 1. The Hall–Kier alpha value is -5.11. The Morgan fingerprint density at radius 1 is 1.10 bits per heavy atom. The molecule has 3 aromatic heterocycles. The molecular formula is C29H21F3N6O2. The van der Waals surface area contributed by atoms with Gasteiger partial charge in [-0.2, -0.15) is 18.3 Å². The molecular weight excluding hydrogens is 521 g/mol. The molecule has 1 amide bonds.